The minimum Gasteiger partial charge on any atom is -0.426 e. The average Bonchev–Trinajstić information content (AvgIpc) is 2.15. The molecule has 0 N–H and O–H groups in total. The van der Waals surface area contributed by atoms with Gasteiger partial charge in [-0.2, -0.15) is 0 Å². The number of carbonyl (C=O) groups is 1. The van der Waals surface area contributed by atoms with Gasteiger partial charge in [0.05, 0.1) is 6.42 Å². The van der Waals surface area contributed by atoms with Crippen LogP contribution in [0, 0.1) is 6.92 Å². The van der Waals surface area contributed by atoms with Crippen LogP contribution in [0.15, 0.2) is 12.1 Å². The second kappa shape index (κ2) is 3.45. The maximum Gasteiger partial charge on any atom is 0.311 e. The summed E-state index contributed by atoms with van der Waals surface area (Å²) >= 11 is 0. The number of aryl methyl sites for hydroxylation is 2. The van der Waals surface area contributed by atoms with Crippen molar-refractivity contribution in [2.24, 2.45) is 0 Å². The first-order valence-electron chi connectivity index (χ1n) is 5.03. The number of fused-ring (bicyclic) bond motifs is 1. The molecule has 0 amide bonds. The summed E-state index contributed by atoms with van der Waals surface area (Å²) in [4.78, 5) is 11.1. The molecule has 2 nitrogen and oxygen atoms in total. The summed E-state index contributed by atoms with van der Waals surface area (Å²) in [6.45, 7) is 4.16. The molecular weight excluding hydrogens is 176 g/mol. The van der Waals surface area contributed by atoms with E-state index in [2.05, 4.69) is 13.0 Å². The Balaban J connectivity index is 2.51. The van der Waals surface area contributed by atoms with Crippen molar-refractivity contribution in [3.8, 4) is 5.75 Å². The van der Waals surface area contributed by atoms with Crippen LogP contribution in [0.5, 0.6) is 5.75 Å². The minimum atomic E-state index is -0.106. The molecule has 14 heavy (non-hydrogen) atoms. The Morgan fingerprint density at radius 3 is 2.86 bits per heavy atom. The number of rotatable bonds is 1. The standard InChI is InChI=1S/C12H14O2/c1-3-9-6-8(2)7-11-10(9)4-5-12(13)14-11/h6-7H,3-5H2,1-2H3. The molecule has 2 rings (SSSR count). The first kappa shape index (κ1) is 9.25. The van der Waals surface area contributed by atoms with Gasteiger partial charge in [-0.3, -0.25) is 4.79 Å². The van der Waals surface area contributed by atoms with E-state index < -0.39 is 0 Å². The monoisotopic (exact) mass is 190 g/mol. The van der Waals surface area contributed by atoms with Crippen molar-refractivity contribution in [3.63, 3.8) is 0 Å². The fourth-order valence-corrected chi connectivity index (χ4v) is 1.95. The van der Waals surface area contributed by atoms with Crippen LogP contribution in [0.2, 0.25) is 0 Å². The molecule has 1 aromatic carbocycles. The van der Waals surface area contributed by atoms with Crippen molar-refractivity contribution in [1.29, 1.82) is 0 Å². The number of carbonyl (C=O) groups excluding carboxylic acids is 1. The number of benzene rings is 1. The van der Waals surface area contributed by atoms with E-state index in [1.54, 1.807) is 0 Å². The van der Waals surface area contributed by atoms with Gasteiger partial charge in [-0.1, -0.05) is 13.0 Å². The molecule has 0 unspecified atom stereocenters. The molecular formula is C12H14O2. The molecule has 0 saturated heterocycles. The maximum absolute atomic E-state index is 11.1. The summed E-state index contributed by atoms with van der Waals surface area (Å²) < 4.78 is 5.22. The van der Waals surface area contributed by atoms with Gasteiger partial charge in [0.25, 0.3) is 0 Å². The molecule has 1 aliphatic rings. The van der Waals surface area contributed by atoms with Gasteiger partial charge >= 0.3 is 5.97 Å². The zero-order valence-electron chi connectivity index (χ0n) is 8.59. The lowest BCUT2D eigenvalue weighted by Gasteiger charge is -2.19. The third kappa shape index (κ3) is 1.52. The van der Waals surface area contributed by atoms with Crippen LogP contribution in [0.3, 0.4) is 0 Å². The zero-order valence-corrected chi connectivity index (χ0v) is 8.59. The topological polar surface area (TPSA) is 26.3 Å². The Bertz CT molecular complexity index is 380. The van der Waals surface area contributed by atoms with E-state index in [1.807, 2.05) is 13.0 Å². The summed E-state index contributed by atoms with van der Waals surface area (Å²) in [5.74, 6) is 0.670. The van der Waals surface area contributed by atoms with E-state index in [1.165, 1.54) is 11.1 Å². The number of hydrogen-bond donors (Lipinski definition) is 0. The lowest BCUT2D eigenvalue weighted by Crippen LogP contribution is -2.17. The first-order valence-corrected chi connectivity index (χ1v) is 5.03. The van der Waals surface area contributed by atoms with E-state index in [-0.39, 0.29) is 5.97 Å². The molecule has 1 aliphatic heterocycles. The van der Waals surface area contributed by atoms with Crippen LogP contribution in [-0.4, -0.2) is 5.97 Å². The summed E-state index contributed by atoms with van der Waals surface area (Å²) in [7, 11) is 0. The van der Waals surface area contributed by atoms with E-state index in [9.17, 15) is 4.79 Å². The predicted octanol–water partition coefficient (Wildman–Crippen LogP) is 2.41. The number of ether oxygens (including phenoxy) is 1. The molecule has 0 radical (unpaired) electrons. The lowest BCUT2D eigenvalue weighted by atomic mass is 9.96. The van der Waals surface area contributed by atoms with Crippen LogP contribution in [0.25, 0.3) is 0 Å². The Morgan fingerprint density at radius 2 is 2.14 bits per heavy atom. The van der Waals surface area contributed by atoms with Gasteiger partial charge in [-0.25, -0.2) is 0 Å². The fraction of sp³-hybridized carbons (Fsp3) is 0.417. The molecule has 0 spiro atoms. The highest BCUT2D eigenvalue weighted by atomic mass is 16.5. The molecule has 0 fully saturated rings. The molecule has 74 valence electrons. The summed E-state index contributed by atoms with van der Waals surface area (Å²) in [5.41, 5.74) is 3.69. The zero-order chi connectivity index (χ0) is 10.1. The summed E-state index contributed by atoms with van der Waals surface area (Å²) in [6, 6.07) is 4.13. The molecule has 0 bridgehead atoms. The van der Waals surface area contributed by atoms with E-state index >= 15 is 0 Å². The summed E-state index contributed by atoms with van der Waals surface area (Å²) in [5, 5.41) is 0. The van der Waals surface area contributed by atoms with Crippen LogP contribution >= 0.6 is 0 Å². The van der Waals surface area contributed by atoms with Crippen LogP contribution in [0.4, 0.5) is 0 Å². The van der Waals surface area contributed by atoms with Crippen molar-refractivity contribution in [2.45, 2.75) is 33.1 Å². The van der Waals surface area contributed by atoms with Crippen molar-refractivity contribution >= 4 is 5.97 Å². The molecule has 1 aromatic rings. The Hall–Kier alpha value is -1.31. The van der Waals surface area contributed by atoms with Crippen molar-refractivity contribution in [1.82, 2.24) is 0 Å². The minimum absolute atomic E-state index is 0.106. The average molecular weight is 190 g/mol. The van der Waals surface area contributed by atoms with Gasteiger partial charge in [0.2, 0.25) is 0 Å². The van der Waals surface area contributed by atoms with Crippen molar-refractivity contribution in [2.75, 3.05) is 0 Å². The number of esters is 1. The quantitative estimate of drug-likeness (QED) is 0.502. The van der Waals surface area contributed by atoms with E-state index in [0.717, 1.165) is 24.2 Å². The highest BCUT2D eigenvalue weighted by Gasteiger charge is 2.19. The third-order valence-corrected chi connectivity index (χ3v) is 2.63. The van der Waals surface area contributed by atoms with Gasteiger partial charge in [0, 0.05) is 0 Å². The molecule has 0 aromatic heterocycles. The second-order valence-corrected chi connectivity index (χ2v) is 3.73. The second-order valence-electron chi connectivity index (χ2n) is 3.73. The van der Waals surface area contributed by atoms with Gasteiger partial charge in [-0.05, 0) is 42.5 Å². The van der Waals surface area contributed by atoms with E-state index in [0.29, 0.717) is 6.42 Å². The van der Waals surface area contributed by atoms with E-state index in [4.69, 9.17) is 4.74 Å². The van der Waals surface area contributed by atoms with Crippen molar-refractivity contribution in [3.05, 3.63) is 28.8 Å². The predicted molar refractivity (Wildman–Crippen MR) is 54.5 cm³/mol. The number of hydrogen-bond acceptors (Lipinski definition) is 2. The smallest absolute Gasteiger partial charge is 0.311 e. The van der Waals surface area contributed by atoms with Gasteiger partial charge in [0.15, 0.2) is 0 Å². The van der Waals surface area contributed by atoms with Crippen LogP contribution in [0.1, 0.15) is 30.0 Å². The highest BCUT2D eigenvalue weighted by Crippen LogP contribution is 2.30. The van der Waals surface area contributed by atoms with Crippen LogP contribution in [-0.2, 0) is 17.6 Å². The SMILES string of the molecule is CCc1cc(C)cc2c1CCC(=O)O2. The maximum atomic E-state index is 11.1. The largest absolute Gasteiger partial charge is 0.426 e. The third-order valence-electron chi connectivity index (χ3n) is 2.63. The molecule has 0 atom stereocenters. The van der Waals surface area contributed by atoms with Crippen LogP contribution < -0.4 is 4.74 Å². The molecule has 0 aliphatic carbocycles. The normalized spacial score (nSPS) is 14.9. The highest BCUT2D eigenvalue weighted by molar-refractivity contribution is 5.75. The fourth-order valence-electron chi connectivity index (χ4n) is 1.95. The Labute approximate surface area is 83.9 Å². The Kier molecular flexibility index (Phi) is 2.28. The van der Waals surface area contributed by atoms with Gasteiger partial charge in [-0.15, -0.1) is 0 Å². The first-order chi connectivity index (χ1) is 6.70. The van der Waals surface area contributed by atoms with Gasteiger partial charge < -0.3 is 4.74 Å². The molecule has 0 saturated carbocycles. The Morgan fingerprint density at radius 1 is 1.36 bits per heavy atom. The summed E-state index contributed by atoms with van der Waals surface area (Å²) in [6.07, 6.45) is 2.35. The van der Waals surface area contributed by atoms with Gasteiger partial charge in [0.1, 0.15) is 5.75 Å². The van der Waals surface area contributed by atoms with Crippen molar-refractivity contribution < 1.29 is 9.53 Å². The lowest BCUT2D eigenvalue weighted by molar-refractivity contribution is -0.135. The molecule has 2 heteroatoms. The molecule has 1 heterocycles.